The summed E-state index contributed by atoms with van der Waals surface area (Å²) in [7, 11) is 0. The summed E-state index contributed by atoms with van der Waals surface area (Å²) in [4.78, 5) is 39.8. The molecule has 3 aromatic rings. The van der Waals surface area contributed by atoms with E-state index in [1.807, 2.05) is 17.9 Å². The molecular formula is C25H28N4O2S. The van der Waals surface area contributed by atoms with Crippen molar-refractivity contribution in [2.45, 2.75) is 26.7 Å². The number of amides is 2. The first kappa shape index (κ1) is 22.1. The zero-order chi connectivity index (χ0) is 22.5. The van der Waals surface area contributed by atoms with Crippen LogP contribution in [0.25, 0.3) is 10.4 Å². The Balaban J connectivity index is 1.53. The number of aryl methyl sites for hydroxylation is 1. The molecule has 4 rings (SSSR count). The molecule has 1 aliphatic heterocycles. The van der Waals surface area contributed by atoms with Crippen LogP contribution in [0.3, 0.4) is 0 Å². The summed E-state index contributed by atoms with van der Waals surface area (Å²) in [6.45, 7) is 6.06. The van der Waals surface area contributed by atoms with Gasteiger partial charge in [0.25, 0.3) is 5.91 Å². The third-order valence-electron chi connectivity index (χ3n) is 5.76. The summed E-state index contributed by atoms with van der Waals surface area (Å²) >= 11 is 1.71. The van der Waals surface area contributed by atoms with Gasteiger partial charge in [0.1, 0.15) is 5.69 Å². The highest BCUT2D eigenvalue weighted by Crippen LogP contribution is 2.26. The number of nitrogens with zero attached hydrogens (tertiary/aromatic N) is 4. The minimum absolute atomic E-state index is 0.125. The molecule has 7 heteroatoms. The number of hydrogen-bond acceptors (Lipinski definition) is 5. The largest absolute Gasteiger partial charge is 0.341 e. The second kappa shape index (κ2) is 10.0. The van der Waals surface area contributed by atoms with Crippen molar-refractivity contribution in [1.29, 1.82) is 0 Å². The van der Waals surface area contributed by atoms with Gasteiger partial charge in [-0.05, 0) is 42.3 Å². The zero-order valence-electron chi connectivity index (χ0n) is 18.5. The molecular weight excluding hydrogens is 420 g/mol. The molecule has 3 heterocycles. The quantitative estimate of drug-likeness (QED) is 0.570. The van der Waals surface area contributed by atoms with E-state index in [0.29, 0.717) is 38.3 Å². The van der Waals surface area contributed by atoms with E-state index < -0.39 is 0 Å². The first-order valence-corrected chi connectivity index (χ1v) is 11.9. The normalized spacial score (nSPS) is 16.8. The van der Waals surface area contributed by atoms with Gasteiger partial charge in [0.2, 0.25) is 5.91 Å². The summed E-state index contributed by atoms with van der Waals surface area (Å²) in [6, 6.07) is 12.6. The van der Waals surface area contributed by atoms with Crippen LogP contribution in [0.1, 0.15) is 35.1 Å². The number of carbonyl (C=O) groups is 2. The van der Waals surface area contributed by atoms with Crippen molar-refractivity contribution >= 4 is 23.2 Å². The molecule has 166 valence electrons. The molecule has 2 amide bonds. The van der Waals surface area contributed by atoms with E-state index in [-0.39, 0.29) is 17.7 Å². The molecule has 2 aromatic heterocycles. The average molecular weight is 449 g/mol. The van der Waals surface area contributed by atoms with Crippen molar-refractivity contribution in [3.63, 3.8) is 0 Å². The Bertz CT molecular complexity index is 1050. The van der Waals surface area contributed by atoms with E-state index in [1.54, 1.807) is 22.4 Å². The van der Waals surface area contributed by atoms with Crippen LogP contribution in [0.5, 0.6) is 0 Å². The Morgan fingerprint density at radius 3 is 2.59 bits per heavy atom. The van der Waals surface area contributed by atoms with E-state index in [9.17, 15) is 9.59 Å². The molecule has 1 fully saturated rings. The molecule has 0 aliphatic carbocycles. The van der Waals surface area contributed by atoms with E-state index in [0.717, 1.165) is 17.7 Å². The lowest BCUT2D eigenvalue weighted by molar-refractivity contribution is -0.134. The monoisotopic (exact) mass is 448 g/mol. The number of carbonyl (C=O) groups excluding carboxylic acids is 2. The molecule has 1 saturated heterocycles. The SMILES string of the molecule is CCCN1CCN(C(=O)c2cnc(C)cn2)CC(Cc2ccc(-c3cccs3)cc2)C1=O. The van der Waals surface area contributed by atoms with E-state index in [4.69, 9.17) is 0 Å². The Morgan fingerprint density at radius 2 is 1.94 bits per heavy atom. The Hall–Kier alpha value is -3.06. The van der Waals surface area contributed by atoms with Gasteiger partial charge in [-0.1, -0.05) is 37.3 Å². The maximum atomic E-state index is 13.3. The predicted molar refractivity (Wildman–Crippen MR) is 126 cm³/mol. The van der Waals surface area contributed by atoms with Gasteiger partial charge in [-0.3, -0.25) is 14.6 Å². The fourth-order valence-electron chi connectivity index (χ4n) is 4.07. The molecule has 0 N–H and O–H groups in total. The second-order valence-corrected chi connectivity index (χ2v) is 9.14. The van der Waals surface area contributed by atoms with E-state index in [2.05, 4.69) is 52.6 Å². The first-order chi connectivity index (χ1) is 15.5. The van der Waals surface area contributed by atoms with E-state index >= 15 is 0 Å². The maximum Gasteiger partial charge on any atom is 0.274 e. The minimum atomic E-state index is -0.279. The Labute approximate surface area is 192 Å². The number of benzene rings is 1. The summed E-state index contributed by atoms with van der Waals surface area (Å²) < 4.78 is 0. The molecule has 1 aromatic carbocycles. The smallest absolute Gasteiger partial charge is 0.274 e. The third kappa shape index (κ3) is 5.05. The van der Waals surface area contributed by atoms with Gasteiger partial charge in [-0.15, -0.1) is 11.3 Å². The number of rotatable bonds is 6. The van der Waals surface area contributed by atoms with Crippen LogP contribution in [0.2, 0.25) is 0 Å². The molecule has 0 spiro atoms. The average Bonchev–Trinajstić information content (AvgIpc) is 3.30. The van der Waals surface area contributed by atoms with Crippen LogP contribution in [0.15, 0.2) is 54.2 Å². The van der Waals surface area contributed by atoms with Crippen molar-refractivity contribution in [2.24, 2.45) is 5.92 Å². The van der Waals surface area contributed by atoms with Crippen LogP contribution >= 0.6 is 11.3 Å². The summed E-state index contributed by atoms with van der Waals surface area (Å²) in [5.74, 6) is -0.319. The molecule has 0 bridgehead atoms. The molecule has 0 saturated carbocycles. The van der Waals surface area contributed by atoms with Gasteiger partial charge < -0.3 is 9.80 Å². The second-order valence-electron chi connectivity index (χ2n) is 8.19. The molecule has 1 unspecified atom stereocenters. The van der Waals surface area contributed by atoms with Crippen molar-refractivity contribution in [2.75, 3.05) is 26.2 Å². The fourth-order valence-corrected chi connectivity index (χ4v) is 4.80. The lowest BCUT2D eigenvalue weighted by Gasteiger charge is -2.24. The highest BCUT2D eigenvalue weighted by molar-refractivity contribution is 7.13. The minimum Gasteiger partial charge on any atom is -0.341 e. The highest BCUT2D eigenvalue weighted by Gasteiger charge is 2.32. The summed E-state index contributed by atoms with van der Waals surface area (Å²) in [5.41, 5.74) is 3.37. The molecule has 0 radical (unpaired) electrons. The van der Waals surface area contributed by atoms with Crippen LogP contribution in [0.4, 0.5) is 0 Å². The molecule has 1 aliphatic rings. The van der Waals surface area contributed by atoms with Gasteiger partial charge in [0.05, 0.1) is 17.8 Å². The zero-order valence-corrected chi connectivity index (χ0v) is 19.3. The predicted octanol–water partition coefficient (Wildman–Crippen LogP) is 4.07. The lowest BCUT2D eigenvalue weighted by Crippen LogP contribution is -2.38. The number of hydrogen-bond donors (Lipinski definition) is 0. The number of aromatic nitrogens is 2. The van der Waals surface area contributed by atoms with Crippen molar-refractivity contribution < 1.29 is 9.59 Å². The van der Waals surface area contributed by atoms with Crippen LogP contribution in [0, 0.1) is 12.8 Å². The maximum absolute atomic E-state index is 13.3. The van der Waals surface area contributed by atoms with Crippen LogP contribution in [-0.4, -0.2) is 57.8 Å². The topological polar surface area (TPSA) is 66.4 Å². The van der Waals surface area contributed by atoms with Crippen molar-refractivity contribution in [1.82, 2.24) is 19.8 Å². The summed E-state index contributed by atoms with van der Waals surface area (Å²) in [6.07, 6.45) is 4.62. The van der Waals surface area contributed by atoms with Gasteiger partial charge >= 0.3 is 0 Å². The van der Waals surface area contributed by atoms with Crippen LogP contribution in [-0.2, 0) is 11.2 Å². The van der Waals surface area contributed by atoms with Crippen molar-refractivity contribution in [3.05, 3.63) is 71.1 Å². The highest BCUT2D eigenvalue weighted by atomic mass is 32.1. The third-order valence-corrected chi connectivity index (χ3v) is 6.68. The standard InChI is InChI=1S/C25H28N4O2S/c1-3-10-28-11-12-29(25(31)22-16-26-18(2)15-27-22)17-21(24(28)30)14-19-6-8-20(9-7-19)23-5-4-13-32-23/h4-9,13,15-16,21H,3,10-12,14,17H2,1-2H3. The number of thiophene rings is 1. The van der Waals surface area contributed by atoms with Gasteiger partial charge in [-0.2, -0.15) is 0 Å². The van der Waals surface area contributed by atoms with Crippen LogP contribution < -0.4 is 0 Å². The molecule has 32 heavy (non-hydrogen) atoms. The lowest BCUT2D eigenvalue weighted by atomic mass is 9.96. The van der Waals surface area contributed by atoms with Gasteiger partial charge in [0, 0.05) is 37.3 Å². The fraction of sp³-hybridized carbons (Fsp3) is 0.360. The summed E-state index contributed by atoms with van der Waals surface area (Å²) in [5, 5.41) is 2.07. The van der Waals surface area contributed by atoms with Gasteiger partial charge in [0.15, 0.2) is 0 Å². The van der Waals surface area contributed by atoms with Crippen molar-refractivity contribution in [3.8, 4) is 10.4 Å². The van der Waals surface area contributed by atoms with E-state index in [1.165, 1.54) is 16.6 Å². The molecule has 1 atom stereocenters. The Kier molecular flexibility index (Phi) is 6.95. The first-order valence-electron chi connectivity index (χ1n) is 11.0. The molecule has 6 nitrogen and oxygen atoms in total. The Morgan fingerprint density at radius 1 is 1.12 bits per heavy atom. The van der Waals surface area contributed by atoms with Gasteiger partial charge in [-0.25, -0.2) is 4.98 Å².